The van der Waals surface area contributed by atoms with Gasteiger partial charge in [-0.05, 0) is 6.07 Å². The van der Waals surface area contributed by atoms with Gasteiger partial charge < -0.3 is 35.1 Å². The van der Waals surface area contributed by atoms with Crippen LogP contribution in [0.4, 0.5) is 10.9 Å². The quantitative estimate of drug-likeness (QED) is 0.377. The van der Waals surface area contributed by atoms with E-state index in [-0.39, 0.29) is 12.0 Å². The number of nitrogen functional groups attached to an aromatic ring is 1. The van der Waals surface area contributed by atoms with Crippen LogP contribution in [0.25, 0.3) is 11.4 Å². The van der Waals surface area contributed by atoms with Crippen molar-refractivity contribution in [1.82, 2.24) is 25.0 Å². The fourth-order valence-electron chi connectivity index (χ4n) is 5.00. The molecule has 0 amide bonds. The van der Waals surface area contributed by atoms with E-state index < -0.39 is 29.8 Å². The van der Waals surface area contributed by atoms with E-state index in [2.05, 4.69) is 25.2 Å². The highest BCUT2D eigenvalue weighted by atomic mass is 35.5. The molecule has 0 saturated carbocycles. The number of hydrogen-bond acceptors (Lipinski definition) is 13. The van der Waals surface area contributed by atoms with Crippen molar-refractivity contribution in [2.75, 3.05) is 50.7 Å². The second-order valence-corrected chi connectivity index (χ2v) is 12.0. The van der Waals surface area contributed by atoms with Gasteiger partial charge in [-0.1, -0.05) is 28.6 Å². The molecule has 3 aliphatic rings. The third-order valence-corrected chi connectivity index (χ3v) is 8.95. The summed E-state index contributed by atoms with van der Waals surface area (Å²) >= 11 is 9.02. The molecule has 3 aromatic rings. The summed E-state index contributed by atoms with van der Waals surface area (Å²) in [6.07, 6.45) is 0.693. The molecular weight excluding hydrogens is 542 g/mol. The number of aliphatic hydroxyl groups is 2. The lowest BCUT2D eigenvalue weighted by Crippen LogP contribution is -2.66. The van der Waals surface area contributed by atoms with E-state index in [4.69, 9.17) is 31.5 Å². The summed E-state index contributed by atoms with van der Waals surface area (Å²) in [5, 5.41) is 32.3. The zero-order chi connectivity index (χ0) is 25.7. The Morgan fingerprint density at radius 3 is 2.81 bits per heavy atom. The smallest absolute Gasteiger partial charge is 0.180 e. The van der Waals surface area contributed by atoms with Crippen LogP contribution in [0.2, 0.25) is 5.02 Å². The summed E-state index contributed by atoms with van der Waals surface area (Å²) in [6, 6.07) is 1.15. The van der Waals surface area contributed by atoms with Gasteiger partial charge in [-0.3, -0.25) is 0 Å². The molecule has 37 heavy (non-hydrogen) atoms. The maximum absolute atomic E-state index is 11.1. The number of aromatic nitrogens is 5. The van der Waals surface area contributed by atoms with Crippen LogP contribution >= 0.6 is 34.7 Å². The Balaban J connectivity index is 1.29. The fraction of sp³-hybridized carbons (Fsp3) is 0.545. The largest absolute Gasteiger partial charge is 0.394 e. The Hall–Kier alpha value is -2.04. The number of pyridine rings is 1. The number of thiazole rings is 1. The Bertz CT molecular complexity index is 1270. The maximum Gasteiger partial charge on any atom is 0.180 e. The monoisotopic (exact) mass is 567 g/mol. The van der Waals surface area contributed by atoms with Crippen LogP contribution in [0.5, 0.6) is 0 Å². The van der Waals surface area contributed by atoms with Crippen molar-refractivity contribution in [3.8, 4) is 11.4 Å². The molecule has 0 radical (unpaired) electrons. The minimum Gasteiger partial charge on any atom is -0.394 e. The molecule has 5 unspecified atom stereocenters. The number of halogens is 1. The third kappa shape index (κ3) is 4.59. The highest BCUT2D eigenvalue weighted by Crippen LogP contribution is 2.46. The average Bonchev–Trinajstić information content (AvgIpc) is 3.48. The first-order valence-corrected chi connectivity index (χ1v) is 13.8. The number of hydrogen-bond donors (Lipinski definition) is 3. The first-order chi connectivity index (χ1) is 17.9. The summed E-state index contributed by atoms with van der Waals surface area (Å²) in [7, 11) is 1.55. The molecule has 4 N–H and O–H groups in total. The molecule has 6 heterocycles. The molecular formula is C22H26ClN7O5S2. The fourth-order valence-corrected chi connectivity index (χ4v) is 7.12. The van der Waals surface area contributed by atoms with Gasteiger partial charge in [-0.15, -0.1) is 16.4 Å². The predicted molar refractivity (Wildman–Crippen MR) is 138 cm³/mol. The number of anilines is 2. The SMILES string of the molecule is COC1C(Sc2cc(Cl)cnc2N2CC3(COC3)C2)OC(CO)C(O)C1n1cc(-c2csc(N)n2)nn1. The molecule has 6 rings (SSSR count). The summed E-state index contributed by atoms with van der Waals surface area (Å²) < 4.78 is 18.9. The van der Waals surface area contributed by atoms with Crippen LogP contribution in [-0.2, 0) is 14.2 Å². The standard InChI is InChI=1S/C22H26ClN7O5S2/c1-33-18-16(30-4-12(27-28-30)13-6-36-21(24)26-13)17(32)14(5-31)35-20(18)37-15-2-11(23)3-25-19(15)29-7-22(8-29)9-34-10-22/h2-4,6,14,16-18,20,31-32H,5,7-10H2,1H3,(H2,24,26). The molecule has 12 nitrogen and oxygen atoms in total. The van der Waals surface area contributed by atoms with Crippen molar-refractivity contribution in [3.63, 3.8) is 0 Å². The highest BCUT2D eigenvalue weighted by molar-refractivity contribution is 8.00. The first-order valence-electron chi connectivity index (χ1n) is 11.6. The Kier molecular flexibility index (Phi) is 6.77. The van der Waals surface area contributed by atoms with Gasteiger partial charge in [0.25, 0.3) is 0 Å². The maximum atomic E-state index is 11.1. The lowest BCUT2D eigenvalue weighted by Gasteiger charge is -2.55. The number of aliphatic hydroxyl groups excluding tert-OH is 2. The number of thioether (sulfide) groups is 1. The van der Waals surface area contributed by atoms with Crippen LogP contribution in [0.1, 0.15) is 6.04 Å². The van der Waals surface area contributed by atoms with Gasteiger partial charge in [-0.25, -0.2) is 14.6 Å². The van der Waals surface area contributed by atoms with Gasteiger partial charge in [0.15, 0.2) is 5.13 Å². The molecule has 3 saturated heterocycles. The second kappa shape index (κ2) is 9.93. The Morgan fingerprint density at radius 2 is 2.16 bits per heavy atom. The average molecular weight is 568 g/mol. The molecule has 5 atom stereocenters. The van der Waals surface area contributed by atoms with E-state index in [0.29, 0.717) is 21.5 Å². The van der Waals surface area contributed by atoms with Gasteiger partial charge in [0, 0.05) is 31.8 Å². The summed E-state index contributed by atoms with van der Waals surface area (Å²) in [4.78, 5) is 11.9. The van der Waals surface area contributed by atoms with Crippen LogP contribution in [-0.4, -0.2) is 98.9 Å². The van der Waals surface area contributed by atoms with Crippen molar-refractivity contribution in [2.24, 2.45) is 5.41 Å². The van der Waals surface area contributed by atoms with E-state index in [1.54, 1.807) is 24.9 Å². The Morgan fingerprint density at radius 1 is 1.35 bits per heavy atom. The Labute approximate surface area is 225 Å². The molecule has 3 aliphatic heterocycles. The molecule has 3 fully saturated rings. The number of nitrogens with two attached hydrogens (primary N) is 1. The van der Waals surface area contributed by atoms with Crippen molar-refractivity contribution in [1.29, 1.82) is 0 Å². The molecule has 0 aromatic carbocycles. The van der Waals surface area contributed by atoms with Crippen molar-refractivity contribution < 1.29 is 24.4 Å². The van der Waals surface area contributed by atoms with Gasteiger partial charge in [0.1, 0.15) is 47.0 Å². The summed E-state index contributed by atoms with van der Waals surface area (Å²) in [5.41, 5.74) is 6.47. The first kappa shape index (κ1) is 25.2. The van der Waals surface area contributed by atoms with Crippen LogP contribution in [0.15, 0.2) is 28.7 Å². The van der Waals surface area contributed by atoms with E-state index >= 15 is 0 Å². The normalized spacial score (nSPS) is 28.8. The number of rotatable bonds is 7. The van der Waals surface area contributed by atoms with E-state index in [1.165, 1.54) is 27.8 Å². The minimum absolute atomic E-state index is 0.212. The molecule has 198 valence electrons. The highest BCUT2D eigenvalue weighted by Gasteiger charge is 2.51. The minimum atomic E-state index is -1.10. The zero-order valence-electron chi connectivity index (χ0n) is 19.8. The van der Waals surface area contributed by atoms with Gasteiger partial charge in [-0.2, -0.15) is 0 Å². The van der Waals surface area contributed by atoms with Gasteiger partial charge in [0.2, 0.25) is 0 Å². The number of nitrogens with zero attached hydrogens (tertiary/aromatic N) is 6. The van der Waals surface area contributed by atoms with Gasteiger partial charge >= 0.3 is 0 Å². The summed E-state index contributed by atoms with van der Waals surface area (Å²) in [5.74, 6) is 0.803. The molecule has 1 spiro atoms. The molecule has 0 aliphatic carbocycles. The predicted octanol–water partition coefficient (Wildman–Crippen LogP) is 1.30. The summed E-state index contributed by atoms with van der Waals surface area (Å²) in [6.45, 7) is 2.87. The van der Waals surface area contributed by atoms with Crippen LogP contribution in [0.3, 0.4) is 0 Å². The molecule has 3 aromatic heterocycles. The van der Waals surface area contributed by atoms with Crippen molar-refractivity contribution in [2.45, 2.75) is 34.7 Å². The molecule has 0 bridgehead atoms. The third-order valence-electron chi connectivity index (χ3n) is 6.91. The van der Waals surface area contributed by atoms with Crippen LogP contribution < -0.4 is 10.6 Å². The van der Waals surface area contributed by atoms with Crippen LogP contribution in [0, 0.1) is 5.41 Å². The second-order valence-electron chi connectivity index (χ2n) is 9.50. The lowest BCUT2D eigenvalue weighted by atomic mass is 9.78. The zero-order valence-corrected chi connectivity index (χ0v) is 22.2. The number of ether oxygens (including phenoxy) is 3. The number of methoxy groups -OCH3 is 1. The topological polar surface area (TPSA) is 154 Å². The molecule has 15 heteroatoms. The van der Waals surface area contributed by atoms with Gasteiger partial charge in [0.05, 0.1) is 41.4 Å². The lowest BCUT2D eigenvalue weighted by molar-refractivity contribution is -0.186. The van der Waals surface area contributed by atoms with E-state index in [0.717, 1.165) is 37.0 Å². The van der Waals surface area contributed by atoms with Crippen molar-refractivity contribution >= 4 is 45.6 Å². The van der Waals surface area contributed by atoms with Crippen molar-refractivity contribution in [3.05, 3.63) is 28.9 Å². The van der Waals surface area contributed by atoms with E-state index in [1.807, 2.05) is 6.07 Å². The van der Waals surface area contributed by atoms with E-state index in [9.17, 15) is 10.2 Å².